The number of carbonyl (C=O) groups is 1. The van der Waals surface area contributed by atoms with Crippen LogP contribution >= 0.6 is 11.6 Å². The van der Waals surface area contributed by atoms with E-state index in [1.807, 2.05) is 31.2 Å². The van der Waals surface area contributed by atoms with Gasteiger partial charge in [0.25, 0.3) is 0 Å². The highest BCUT2D eigenvalue weighted by molar-refractivity contribution is 6.30. The van der Waals surface area contributed by atoms with Crippen molar-refractivity contribution in [3.05, 3.63) is 34.9 Å². The summed E-state index contributed by atoms with van der Waals surface area (Å²) in [5, 5.41) is 7.29. The Bertz CT molecular complexity index is 506. The maximum Gasteiger partial charge on any atom is 0.237 e. The molecule has 1 aromatic rings. The van der Waals surface area contributed by atoms with Crippen LogP contribution in [0.5, 0.6) is 0 Å². The first-order valence-electron chi connectivity index (χ1n) is 8.29. The Morgan fingerprint density at radius 3 is 2.68 bits per heavy atom. The molecular weight excluding hydrogens is 296 g/mol. The second kappa shape index (κ2) is 7.98. The largest absolute Gasteiger partial charge is 0.352 e. The fourth-order valence-corrected chi connectivity index (χ4v) is 3.36. The quantitative estimate of drug-likeness (QED) is 0.857. The Balaban J connectivity index is 1.87. The summed E-state index contributed by atoms with van der Waals surface area (Å²) in [4.78, 5) is 12.4. The van der Waals surface area contributed by atoms with Crippen LogP contribution < -0.4 is 10.6 Å². The van der Waals surface area contributed by atoms with E-state index < -0.39 is 0 Å². The van der Waals surface area contributed by atoms with E-state index in [2.05, 4.69) is 24.5 Å². The number of carbonyl (C=O) groups excluding carboxylic acids is 1. The molecule has 2 rings (SSSR count). The van der Waals surface area contributed by atoms with E-state index in [9.17, 15) is 4.79 Å². The van der Waals surface area contributed by atoms with E-state index in [4.69, 9.17) is 11.6 Å². The molecule has 1 fully saturated rings. The van der Waals surface area contributed by atoms with Crippen molar-refractivity contribution in [2.45, 2.75) is 64.6 Å². The van der Waals surface area contributed by atoms with Crippen molar-refractivity contribution in [3.63, 3.8) is 0 Å². The second-order valence-corrected chi connectivity index (χ2v) is 6.98. The van der Waals surface area contributed by atoms with Crippen molar-refractivity contribution in [1.82, 2.24) is 10.6 Å². The van der Waals surface area contributed by atoms with Gasteiger partial charge in [0.05, 0.1) is 6.04 Å². The Morgan fingerprint density at radius 2 is 2.00 bits per heavy atom. The molecule has 4 atom stereocenters. The molecule has 2 N–H and O–H groups in total. The normalized spacial score (nSPS) is 24.5. The number of benzene rings is 1. The summed E-state index contributed by atoms with van der Waals surface area (Å²) in [7, 11) is 0. The third-order valence-electron chi connectivity index (χ3n) is 4.68. The molecule has 0 bridgehead atoms. The summed E-state index contributed by atoms with van der Waals surface area (Å²) >= 11 is 6.03. The third-order valence-corrected chi connectivity index (χ3v) is 4.92. The van der Waals surface area contributed by atoms with E-state index in [1.54, 1.807) is 0 Å². The van der Waals surface area contributed by atoms with Crippen LogP contribution in [0.15, 0.2) is 24.3 Å². The fourth-order valence-electron chi connectivity index (χ4n) is 3.16. The van der Waals surface area contributed by atoms with Crippen molar-refractivity contribution in [2.75, 3.05) is 0 Å². The maximum atomic E-state index is 12.4. The smallest absolute Gasteiger partial charge is 0.237 e. The minimum absolute atomic E-state index is 0.0863. The number of nitrogens with one attached hydrogen (secondary N) is 2. The van der Waals surface area contributed by atoms with Crippen LogP contribution in [0.4, 0.5) is 0 Å². The summed E-state index contributed by atoms with van der Waals surface area (Å²) in [6.07, 6.45) is 4.82. The van der Waals surface area contributed by atoms with E-state index in [-0.39, 0.29) is 18.0 Å². The summed E-state index contributed by atoms with van der Waals surface area (Å²) in [6, 6.07) is 7.95. The lowest BCUT2D eigenvalue weighted by Crippen LogP contribution is -2.49. The summed E-state index contributed by atoms with van der Waals surface area (Å²) < 4.78 is 0. The van der Waals surface area contributed by atoms with Gasteiger partial charge in [-0.05, 0) is 50.3 Å². The van der Waals surface area contributed by atoms with Crippen LogP contribution in [-0.2, 0) is 4.79 Å². The van der Waals surface area contributed by atoms with Crippen LogP contribution in [0.2, 0.25) is 5.02 Å². The zero-order valence-electron chi connectivity index (χ0n) is 13.7. The zero-order valence-corrected chi connectivity index (χ0v) is 14.5. The molecule has 1 aromatic carbocycles. The highest BCUT2D eigenvalue weighted by Crippen LogP contribution is 2.24. The predicted molar refractivity (Wildman–Crippen MR) is 92.0 cm³/mol. The van der Waals surface area contributed by atoms with Crippen molar-refractivity contribution in [1.29, 1.82) is 0 Å². The van der Waals surface area contributed by atoms with Crippen LogP contribution in [0.3, 0.4) is 0 Å². The molecule has 122 valence electrons. The molecule has 0 radical (unpaired) electrons. The van der Waals surface area contributed by atoms with Gasteiger partial charge in [0.1, 0.15) is 0 Å². The Morgan fingerprint density at radius 1 is 1.27 bits per heavy atom. The molecular formula is C18H27ClN2O. The van der Waals surface area contributed by atoms with Crippen LogP contribution in [0.1, 0.15) is 58.1 Å². The third kappa shape index (κ3) is 4.72. The van der Waals surface area contributed by atoms with Gasteiger partial charge in [0.2, 0.25) is 5.91 Å². The van der Waals surface area contributed by atoms with Crippen molar-refractivity contribution in [3.8, 4) is 0 Å². The van der Waals surface area contributed by atoms with Crippen molar-refractivity contribution in [2.24, 2.45) is 5.92 Å². The molecule has 1 aliphatic carbocycles. The monoisotopic (exact) mass is 322 g/mol. The number of hydrogen-bond acceptors (Lipinski definition) is 2. The minimum atomic E-state index is -0.219. The van der Waals surface area contributed by atoms with Crippen LogP contribution in [-0.4, -0.2) is 18.0 Å². The molecule has 1 aliphatic rings. The van der Waals surface area contributed by atoms with E-state index in [0.717, 1.165) is 17.0 Å². The van der Waals surface area contributed by atoms with Gasteiger partial charge >= 0.3 is 0 Å². The molecule has 0 aliphatic heterocycles. The first kappa shape index (κ1) is 17.3. The van der Waals surface area contributed by atoms with Gasteiger partial charge in [-0.3, -0.25) is 10.1 Å². The highest BCUT2D eigenvalue weighted by Gasteiger charge is 2.25. The fraction of sp³-hybridized carbons (Fsp3) is 0.611. The molecule has 22 heavy (non-hydrogen) atoms. The molecule has 0 saturated heterocycles. The standard InChI is InChI=1S/C18H27ClN2O/c1-12-7-4-5-10-17(12)21-18(22)14(3)20-13(2)15-8-6-9-16(19)11-15/h6,8-9,11-14,17,20H,4-5,7,10H2,1-3H3,(H,21,22). The van der Waals surface area contributed by atoms with Gasteiger partial charge in [0.15, 0.2) is 0 Å². The first-order chi connectivity index (χ1) is 10.5. The van der Waals surface area contributed by atoms with Crippen molar-refractivity contribution >= 4 is 17.5 Å². The Labute approximate surface area is 138 Å². The maximum absolute atomic E-state index is 12.4. The summed E-state index contributed by atoms with van der Waals surface area (Å²) in [5.41, 5.74) is 1.10. The number of rotatable bonds is 5. The molecule has 4 heteroatoms. The van der Waals surface area contributed by atoms with Crippen LogP contribution in [0, 0.1) is 5.92 Å². The van der Waals surface area contributed by atoms with Gasteiger partial charge in [-0.15, -0.1) is 0 Å². The Kier molecular flexibility index (Phi) is 6.27. The number of halogens is 1. The lowest BCUT2D eigenvalue weighted by Gasteiger charge is -2.31. The highest BCUT2D eigenvalue weighted by atomic mass is 35.5. The Hall–Kier alpha value is -1.06. The average molecular weight is 323 g/mol. The topological polar surface area (TPSA) is 41.1 Å². The van der Waals surface area contributed by atoms with Crippen molar-refractivity contribution < 1.29 is 4.79 Å². The molecule has 4 unspecified atom stereocenters. The molecule has 1 saturated carbocycles. The zero-order chi connectivity index (χ0) is 16.1. The lowest BCUT2D eigenvalue weighted by atomic mass is 9.86. The van der Waals surface area contributed by atoms with E-state index in [0.29, 0.717) is 12.0 Å². The van der Waals surface area contributed by atoms with Gasteiger partial charge in [-0.1, -0.05) is 43.5 Å². The molecule has 1 amide bonds. The molecule has 0 heterocycles. The van der Waals surface area contributed by atoms with Gasteiger partial charge in [0, 0.05) is 17.1 Å². The minimum Gasteiger partial charge on any atom is -0.352 e. The molecule has 0 spiro atoms. The summed E-state index contributed by atoms with van der Waals surface area (Å²) in [6.45, 7) is 6.21. The lowest BCUT2D eigenvalue weighted by molar-refractivity contribution is -0.124. The number of amides is 1. The average Bonchev–Trinajstić information content (AvgIpc) is 2.49. The molecule has 3 nitrogen and oxygen atoms in total. The molecule has 0 aromatic heterocycles. The second-order valence-electron chi connectivity index (χ2n) is 6.54. The van der Waals surface area contributed by atoms with Crippen LogP contribution in [0.25, 0.3) is 0 Å². The van der Waals surface area contributed by atoms with Gasteiger partial charge in [-0.2, -0.15) is 0 Å². The van der Waals surface area contributed by atoms with E-state index in [1.165, 1.54) is 19.3 Å². The number of hydrogen-bond donors (Lipinski definition) is 2. The summed E-state index contributed by atoms with van der Waals surface area (Å²) in [5.74, 6) is 0.669. The SMILES string of the molecule is CC(NC(C)c1cccc(Cl)c1)C(=O)NC1CCCCC1C. The van der Waals surface area contributed by atoms with E-state index >= 15 is 0 Å². The predicted octanol–water partition coefficient (Wildman–Crippen LogP) is 4.07. The van der Waals surface area contributed by atoms with Gasteiger partial charge in [-0.25, -0.2) is 0 Å². The first-order valence-corrected chi connectivity index (χ1v) is 8.67. The van der Waals surface area contributed by atoms with Gasteiger partial charge < -0.3 is 5.32 Å².